The highest BCUT2D eigenvalue weighted by molar-refractivity contribution is 5.52. The van der Waals surface area contributed by atoms with Crippen molar-refractivity contribution in [1.82, 2.24) is 9.38 Å². The number of hydrogen-bond acceptors (Lipinski definition) is 1. The maximum atomic E-state index is 11.8. The number of fused-ring (bicyclic) bond motifs is 1. The lowest BCUT2D eigenvalue weighted by molar-refractivity contribution is 0.963. The van der Waals surface area contributed by atoms with Crippen LogP contribution in [0.3, 0.4) is 0 Å². The number of H-pyrrole nitrogens is 1. The minimum Gasteiger partial charge on any atom is -0.326 e. The minimum atomic E-state index is -0.0310. The Bertz CT molecular complexity index is 753. The molecule has 0 saturated heterocycles. The van der Waals surface area contributed by atoms with Gasteiger partial charge in [0.1, 0.15) is 5.52 Å². The second kappa shape index (κ2) is 4.76. The molecule has 0 atom stereocenters. The van der Waals surface area contributed by atoms with Crippen molar-refractivity contribution in [3.8, 4) is 0 Å². The van der Waals surface area contributed by atoms with Crippen LogP contribution in [0.15, 0.2) is 53.6 Å². The van der Waals surface area contributed by atoms with Crippen LogP contribution in [0.4, 0.5) is 0 Å². The van der Waals surface area contributed by atoms with Crippen molar-refractivity contribution >= 4 is 5.52 Å². The van der Waals surface area contributed by atoms with Gasteiger partial charge < -0.3 is 9.38 Å². The predicted octanol–water partition coefficient (Wildman–Crippen LogP) is 2.78. The summed E-state index contributed by atoms with van der Waals surface area (Å²) in [6.45, 7) is 2.12. The normalized spacial score (nSPS) is 11.0. The Kier molecular flexibility index (Phi) is 2.95. The lowest BCUT2D eigenvalue weighted by Crippen LogP contribution is -2.08. The Hall–Kier alpha value is -2.29. The maximum Gasteiger partial charge on any atom is 0.272 e. The molecule has 3 aromatic rings. The van der Waals surface area contributed by atoms with Crippen LogP contribution in [0.1, 0.15) is 23.7 Å². The number of nitrogens with zero attached hydrogens (tertiary/aromatic N) is 1. The summed E-state index contributed by atoms with van der Waals surface area (Å²) in [5.74, 6) is 0. The first kappa shape index (κ1) is 11.8. The molecule has 1 N–H and O–H groups in total. The van der Waals surface area contributed by atoms with Crippen LogP contribution in [0.25, 0.3) is 5.52 Å². The first-order valence-corrected chi connectivity index (χ1v) is 6.54. The first-order chi connectivity index (χ1) is 9.29. The fourth-order valence-electron chi connectivity index (χ4n) is 2.52. The highest BCUT2D eigenvalue weighted by atomic mass is 16.1. The Morgan fingerprint density at radius 3 is 2.74 bits per heavy atom. The van der Waals surface area contributed by atoms with E-state index in [2.05, 4.69) is 24.0 Å². The summed E-state index contributed by atoms with van der Waals surface area (Å²) >= 11 is 0. The molecule has 1 aromatic carbocycles. The van der Waals surface area contributed by atoms with Crippen LogP contribution in [0, 0.1) is 0 Å². The molecule has 2 aromatic heterocycles. The summed E-state index contributed by atoms with van der Waals surface area (Å²) in [6.07, 6.45) is 5.41. The molecule has 0 amide bonds. The van der Waals surface area contributed by atoms with Crippen molar-refractivity contribution in [2.75, 3.05) is 0 Å². The van der Waals surface area contributed by atoms with Gasteiger partial charge in [0, 0.05) is 24.5 Å². The largest absolute Gasteiger partial charge is 0.326 e. The van der Waals surface area contributed by atoms with E-state index in [9.17, 15) is 4.79 Å². The van der Waals surface area contributed by atoms with Crippen LogP contribution >= 0.6 is 0 Å². The summed E-state index contributed by atoms with van der Waals surface area (Å²) in [5.41, 5.74) is 4.40. The van der Waals surface area contributed by atoms with Crippen molar-refractivity contribution in [3.05, 3.63) is 76.0 Å². The van der Waals surface area contributed by atoms with E-state index < -0.39 is 0 Å². The third kappa shape index (κ3) is 2.08. The van der Waals surface area contributed by atoms with Gasteiger partial charge in [-0.05, 0) is 23.6 Å². The van der Waals surface area contributed by atoms with E-state index in [1.165, 1.54) is 16.8 Å². The molecule has 0 aliphatic rings. The van der Waals surface area contributed by atoms with E-state index in [0.29, 0.717) is 0 Å². The second-order valence-corrected chi connectivity index (χ2v) is 4.68. The Morgan fingerprint density at radius 1 is 1.21 bits per heavy atom. The molecular weight excluding hydrogens is 236 g/mol. The van der Waals surface area contributed by atoms with Gasteiger partial charge in [0.15, 0.2) is 0 Å². The lowest BCUT2D eigenvalue weighted by atomic mass is 10.1. The molecule has 0 spiro atoms. The van der Waals surface area contributed by atoms with Gasteiger partial charge in [-0.1, -0.05) is 37.3 Å². The molecular formula is C16H16N2O. The van der Waals surface area contributed by atoms with Crippen LogP contribution in [-0.2, 0) is 12.8 Å². The van der Waals surface area contributed by atoms with Crippen molar-refractivity contribution in [2.45, 2.75) is 19.8 Å². The SMILES string of the molecule is CCc1cc2c(=O)[nH]ccn2c1Cc1ccccc1. The fraction of sp³-hybridized carbons (Fsp3) is 0.188. The summed E-state index contributed by atoms with van der Waals surface area (Å²) in [4.78, 5) is 14.6. The van der Waals surface area contributed by atoms with Crippen molar-refractivity contribution in [3.63, 3.8) is 0 Å². The third-order valence-electron chi connectivity index (χ3n) is 3.50. The van der Waals surface area contributed by atoms with Crippen molar-refractivity contribution in [1.29, 1.82) is 0 Å². The van der Waals surface area contributed by atoms with Gasteiger partial charge in [0.2, 0.25) is 0 Å². The van der Waals surface area contributed by atoms with E-state index >= 15 is 0 Å². The van der Waals surface area contributed by atoms with E-state index in [4.69, 9.17) is 0 Å². The van der Waals surface area contributed by atoms with Gasteiger partial charge in [-0.15, -0.1) is 0 Å². The smallest absolute Gasteiger partial charge is 0.272 e. The molecule has 0 aliphatic heterocycles. The number of hydrogen-bond donors (Lipinski definition) is 1. The van der Waals surface area contributed by atoms with E-state index in [-0.39, 0.29) is 5.56 Å². The number of rotatable bonds is 3. The van der Waals surface area contributed by atoms with Crippen LogP contribution in [0.2, 0.25) is 0 Å². The standard InChI is InChI=1S/C16H16N2O/c1-2-13-11-15-16(19)17-8-9-18(15)14(13)10-12-6-4-3-5-7-12/h3-9,11H,2,10H2,1H3,(H,17,19). The minimum absolute atomic E-state index is 0.0310. The molecule has 3 heteroatoms. The molecule has 96 valence electrons. The third-order valence-corrected chi connectivity index (χ3v) is 3.50. The first-order valence-electron chi connectivity index (χ1n) is 6.54. The number of aryl methyl sites for hydroxylation is 1. The summed E-state index contributed by atoms with van der Waals surface area (Å²) in [7, 11) is 0. The quantitative estimate of drug-likeness (QED) is 0.764. The van der Waals surface area contributed by atoms with Crippen LogP contribution in [-0.4, -0.2) is 9.38 Å². The fourth-order valence-corrected chi connectivity index (χ4v) is 2.52. The number of benzene rings is 1. The monoisotopic (exact) mass is 252 g/mol. The topological polar surface area (TPSA) is 37.3 Å². The highest BCUT2D eigenvalue weighted by Gasteiger charge is 2.11. The van der Waals surface area contributed by atoms with E-state index in [0.717, 1.165) is 18.4 Å². The van der Waals surface area contributed by atoms with Crippen LogP contribution in [0.5, 0.6) is 0 Å². The van der Waals surface area contributed by atoms with E-state index in [1.54, 1.807) is 6.20 Å². The van der Waals surface area contributed by atoms with Gasteiger partial charge in [0.25, 0.3) is 5.56 Å². The molecule has 0 unspecified atom stereocenters. The van der Waals surface area contributed by atoms with Gasteiger partial charge in [-0.25, -0.2) is 0 Å². The number of aromatic amines is 1. The van der Waals surface area contributed by atoms with Crippen molar-refractivity contribution in [2.24, 2.45) is 0 Å². The second-order valence-electron chi connectivity index (χ2n) is 4.68. The Labute approximate surface area is 111 Å². The summed E-state index contributed by atoms with van der Waals surface area (Å²) in [6, 6.07) is 12.3. The highest BCUT2D eigenvalue weighted by Crippen LogP contribution is 2.18. The summed E-state index contributed by atoms with van der Waals surface area (Å²) in [5, 5.41) is 0. The number of nitrogens with one attached hydrogen (secondary N) is 1. The molecule has 0 fully saturated rings. The van der Waals surface area contributed by atoms with E-state index in [1.807, 2.05) is 34.9 Å². The van der Waals surface area contributed by atoms with Gasteiger partial charge in [-0.2, -0.15) is 0 Å². The van der Waals surface area contributed by atoms with Gasteiger partial charge in [0.05, 0.1) is 0 Å². The molecule has 2 heterocycles. The molecule has 3 nitrogen and oxygen atoms in total. The zero-order chi connectivity index (χ0) is 13.2. The van der Waals surface area contributed by atoms with Gasteiger partial charge >= 0.3 is 0 Å². The van der Waals surface area contributed by atoms with Gasteiger partial charge in [-0.3, -0.25) is 4.79 Å². The average Bonchev–Trinajstić information content (AvgIpc) is 2.80. The van der Waals surface area contributed by atoms with Crippen molar-refractivity contribution < 1.29 is 0 Å². The molecule has 19 heavy (non-hydrogen) atoms. The molecule has 0 radical (unpaired) electrons. The molecule has 3 rings (SSSR count). The Balaban J connectivity index is 2.17. The molecule has 0 aliphatic carbocycles. The molecule has 0 bridgehead atoms. The zero-order valence-corrected chi connectivity index (χ0v) is 10.9. The summed E-state index contributed by atoms with van der Waals surface area (Å²) < 4.78 is 2.00. The zero-order valence-electron chi connectivity index (χ0n) is 10.9. The average molecular weight is 252 g/mol. The Morgan fingerprint density at radius 2 is 2.00 bits per heavy atom. The lowest BCUT2D eigenvalue weighted by Gasteiger charge is -2.05. The molecule has 0 saturated carbocycles. The maximum absolute atomic E-state index is 11.8. The van der Waals surface area contributed by atoms with Crippen LogP contribution < -0.4 is 5.56 Å². The predicted molar refractivity (Wildman–Crippen MR) is 76.6 cm³/mol. The number of aromatic nitrogens is 2.